The van der Waals surface area contributed by atoms with Crippen LogP contribution in [0.3, 0.4) is 0 Å². The molecule has 1 N–H and O–H groups in total. The lowest BCUT2D eigenvalue weighted by Crippen LogP contribution is -2.24. The molecule has 1 heterocycles. The molecule has 0 radical (unpaired) electrons. The average molecular weight is 340 g/mol. The minimum absolute atomic E-state index is 0.103. The number of nitrogens with zero attached hydrogens (tertiary/aromatic N) is 2. The molecule has 0 aliphatic rings. The van der Waals surface area contributed by atoms with Crippen molar-refractivity contribution in [1.82, 2.24) is 9.78 Å². The van der Waals surface area contributed by atoms with Crippen molar-refractivity contribution in [1.29, 1.82) is 0 Å². The molecule has 1 aromatic carbocycles. The second-order valence-corrected chi connectivity index (χ2v) is 5.69. The zero-order valence-corrected chi connectivity index (χ0v) is 12.8. The first-order valence-corrected chi connectivity index (χ1v) is 7.02. The topological polar surface area (TPSA) is 46.9 Å². The van der Waals surface area contributed by atoms with E-state index in [4.69, 9.17) is 0 Å². The van der Waals surface area contributed by atoms with Crippen LogP contribution in [0.4, 0.5) is 10.1 Å². The van der Waals surface area contributed by atoms with Gasteiger partial charge in [-0.2, -0.15) is 5.10 Å². The second-order valence-electron chi connectivity index (χ2n) is 4.77. The Bertz CT molecular complexity index is 670. The third-order valence-electron chi connectivity index (χ3n) is 2.65. The fourth-order valence-corrected chi connectivity index (χ4v) is 2.20. The molecule has 20 heavy (non-hydrogen) atoms. The summed E-state index contributed by atoms with van der Waals surface area (Å²) < 4.78 is 15.7. The molecule has 2 rings (SSSR count). The third-order valence-corrected chi connectivity index (χ3v) is 3.15. The predicted octanol–water partition coefficient (Wildman–Crippen LogP) is 3.01. The van der Waals surface area contributed by atoms with Gasteiger partial charge in [-0.25, -0.2) is 9.07 Å². The molecular formula is C14H15BrFN3O. The first-order valence-electron chi connectivity index (χ1n) is 6.23. The molecule has 2 aromatic rings. The summed E-state index contributed by atoms with van der Waals surface area (Å²) in [7, 11) is 0. The second kappa shape index (κ2) is 6.17. The van der Waals surface area contributed by atoms with Crippen LogP contribution in [0.5, 0.6) is 0 Å². The van der Waals surface area contributed by atoms with Gasteiger partial charge >= 0.3 is 0 Å². The summed E-state index contributed by atoms with van der Waals surface area (Å²) in [4.78, 5) is 11.9. The molecule has 0 bridgehead atoms. The maximum atomic E-state index is 13.7. The van der Waals surface area contributed by atoms with Crippen molar-refractivity contribution in [3.8, 4) is 0 Å². The molecular weight excluding hydrogens is 325 g/mol. The number of hydrogen-bond acceptors (Lipinski definition) is 3. The van der Waals surface area contributed by atoms with Gasteiger partial charge in [0, 0.05) is 22.1 Å². The zero-order chi connectivity index (χ0) is 14.7. The molecule has 6 heteroatoms. The van der Waals surface area contributed by atoms with E-state index < -0.39 is 0 Å². The van der Waals surface area contributed by atoms with Crippen molar-refractivity contribution >= 4 is 21.6 Å². The molecule has 0 atom stereocenters. The van der Waals surface area contributed by atoms with Crippen LogP contribution in [0, 0.1) is 5.82 Å². The van der Waals surface area contributed by atoms with E-state index in [0.717, 1.165) is 4.47 Å². The molecule has 0 saturated carbocycles. The lowest BCUT2D eigenvalue weighted by molar-refractivity contribution is 0.572. The quantitative estimate of drug-likeness (QED) is 0.931. The maximum absolute atomic E-state index is 13.7. The van der Waals surface area contributed by atoms with E-state index in [-0.39, 0.29) is 24.0 Å². The van der Waals surface area contributed by atoms with Gasteiger partial charge < -0.3 is 5.32 Å². The van der Waals surface area contributed by atoms with Gasteiger partial charge in [0.15, 0.2) is 0 Å². The van der Waals surface area contributed by atoms with Crippen LogP contribution in [0.25, 0.3) is 0 Å². The molecule has 0 saturated heterocycles. The summed E-state index contributed by atoms with van der Waals surface area (Å²) in [6, 6.07) is 6.30. The van der Waals surface area contributed by atoms with Crippen molar-refractivity contribution in [3.63, 3.8) is 0 Å². The van der Waals surface area contributed by atoms with E-state index in [1.807, 2.05) is 13.8 Å². The van der Waals surface area contributed by atoms with E-state index in [9.17, 15) is 9.18 Å². The fraction of sp³-hybridized carbons (Fsp3) is 0.286. The number of nitrogens with one attached hydrogen (secondary N) is 1. The lowest BCUT2D eigenvalue weighted by atomic mass is 10.2. The first-order chi connectivity index (χ1) is 9.45. The summed E-state index contributed by atoms with van der Waals surface area (Å²) in [6.45, 7) is 4.05. The highest BCUT2D eigenvalue weighted by Gasteiger charge is 2.07. The van der Waals surface area contributed by atoms with Crippen molar-refractivity contribution in [2.24, 2.45) is 0 Å². The van der Waals surface area contributed by atoms with Gasteiger partial charge in [-0.15, -0.1) is 0 Å². The van der Waals surface area contributed by atoms with Gasteiger partial charge in [-0.1, -0.05) is 15.9 Å². The highest BCUT2D eigenvalue weighted by atomic mass is 79.9. The molecule has 0 amide bonds. The molecule has 0 spiro atoms. The Morgan fingerprint density at radius 1 is 1.40 bits per heavy atom. The maximum Gasteiger partial charge on any atom is 0.269 e. The molecule has 0 aliphatic heterocycles. The van der Waals surface area contributed by atoms with Crippen LogP contribution in [0.15, 0.2) is 39.7 Å². The highest BCUT2D eigenvalue weighted by molar-refractivity contribution is 9.10. The Morgan fingerprint density at radius 2 is 2.15 bits per heavy atom. The van der Waals surface area contributed by atoms with Crippen LogP contribution < -0.4 is 10.9 Å². The summed E-state index contributed by atoms with van der Waals surface area (Å²) in [5, 5.41) is 7.16. The standard InChI is InChI=1S/C14H15BrFN3O/c1-9(2)18-12-6-14(20)19(17-7-12)8-10-5-11(15)3-4-13(10)16/h3-7,9,18H,8H2,1-2H3. The zero-order valence-electron chi connectivity index (χ0n) is 11.2. The van der Waals surface area contributed by atoms with Gasteiger partial charge in [-0.05, 0) is 32.0 Å². The smallest absolute Gasteiger partial charge is 0.269 e. The van der Waals surface area contributed by atoms with Gasteiger partial charge in [0.1, 0.15) is 5.82 Å². The Hall–Kier alpha value is -1.69. The molecule has 0 fully saturated rings. The van der Waals surface area contributed by atoms with Crippen LogP contribution in [0.1, 0.15) is 19.4 Å². The Balaban J connectivity index is 2.26. The Morgan fingerprint density at radius 3 is 2.80 bits per heavy atom. The summed E-state index contributed by atoms with van der Waals surface area (Å²) in [5.74, 6) is -0.355. The molecule has 1 aromatic heterocycles. The Kier molecular flexibility index (Phi) is 4.54. The van der Waals surface area contributed by atoms with Crippen LogP contribution in [0.2, 0.25) is 0 Å². The van der Waals surface area contributed by atoms with E-state index in [1.54, 1.807) is 18.3 Å². The fourth-order valence-electron chi connectivity index (χ4n) is 1.79. The van der Waals surface area contributed by atoms with Crippen molar-refractivity contribution < 1.29 is 4.39 Å². The average Bonchev–Trinajstić information content (AvgIpc) is 2.36. The van der Waals surface area contributed by atoms with Crippen molar-refractivity contribution in [3.05, 3.63) is 56.7 Å². The van der Waals surface area contributed by atoms with E-state index >= 15 is 0 Å². The van der Waals surface area contributed by atoms with Gasteiger partial charge in [0.2, 0.25) is 0 Å². The predicted molar refractivity (Wildman–Crippen MR) is 80.5 cm³/mol. The monoisotopic (exact) mass is 339 g/mol. The SMILES string of the molecule is CC(C)Nc1cnn(Cc2cc(Br)ccc2F)c(=O)c1. The number of benzene rings is 1. The Labute approximate surface area is 124 Å². The molecule has 0 unspecified atom stereocenters. The number of hydrogen-bond donors (Lipinski definition) is 1. The van der Waals surface area contributed by atoms with E-state index in [2.05, 4.69) is 26.3 Å². The molecule has 4 nitrogen and oxygen atoms in total. The van der Waals surface area contributed by atoms with Gasteiger partial charge in [0.25, 0.3) is 5.56 Å². The molecule has 106 valence electrons. The largest absolute Gasteiger partial charge is 0.381 e. The summed E-state index contributed by atoms with van der Waals surface area (Å²) >= 11 is 3.28. The van der Waals surface area contributed by atoms with Gasteiger partial charge in [-0.3, -0.25) is 4.79 Å². The molecule has 0 aliphatic carbocycles. The van der Waals surface area contributed by atoms with E-state index in [0.29, 0.717) is 11.3 Å². The van der Waals surface area contributed by atoms with E-state index in [1.165, 1.54) is 16.8 Å². The number of halogens is 2. The van der Waals surface area contributed by atoms with Crippen molar-refractivity contribution in [2.75, 3.05) is 5.32 Å². The number of aromatic nitrogens is 2. The van der Waals surface area contributed by atoms with Gasteiger partial charge in [0.05, 0.1) is 18.4 Å². The third kappa shape index (κ3) is 3.66. The normalized spacial score (nSPS) is 10.8. The van der Waals surface area contributed by atoms with Crippen LogP contribution in [-0.4, -0.2) is 15.8 Å². The van der Waals surface area contributed by atoms with Crippen molar-refractivity contribution in [2.45, 2.75) is 26.4 Å². The lowest BCUT2D eigenvalue weighted by Gasteiger charge is -2.11. The minimum atomic E-state index is -0.355. The van der Waals surface area contributed by atoms with Crippen LogP contribution >= 0.6 is 15.9 Å². The summed E-state index contributed by atoms with van der Waals surface area (Å²) in [5.41, 5.74) is 0.810. The summed E-state index contributed by atoms with van der Waals surface area (Å²) in [6.07, 6.45) is 1.57. The number of rotatable bonds is 4. The highest BCUT2D eigenvalue weighted by Crippen LogP contribution is 2.16. The number of anilines is 1. The minimum Gasteiger partial charge on any atom is -0.381 e. The van der Waals surface area contributed by atoms with Crippen LogP contribution in [-0.2, 0) is 6.54 Å². The first kappa shape index (κ1) is 14.7.